The molecule has 1 saturated heterocycles. The molecule has 1 aliphatic carbocycles. The molecular weight excluding hydrogens is 370 g/mol. The molecule has 150 valence electrons. The van der Waals surface area contributed by atoms with Gasteiger partial charge in [0.15, 0.2) is 0 Å². The van der Waals surface area contributed by atoms with Gasteiger partial charge in [-0.05, 0) is 62.4 Å². The van der Waals surface area contributed by atoms with E-state index in [0.29, 0.717) is 11.7 Å². The Morgan fingerprint density at radius 2 is 1.86 bits per heavy atom. The van der Waals surface area contributed by atoms with E-state index in [0.717, 1.165) is 61.5 Å². The zero-order valence-electron chi connectivity index (χ0n) is 16.3. The highest BCUT2D eigenvalue weighted by Gasteiger charge is 2.33. The SMILES string of the molecule is Nc1ccc2c(c1)c(C1=CCN3CCCC3C1)cn2S(=O)(=O)C1CCCCC1. The zero-order chi connectivity index (χ0) is 19.3. The van der Waals surface area contributed by atoms with Gasteiger partial charge in [0.2, 0.25) is 10.0 Å². The van der Waals surface area contributed by atoms with Crippen molar-refractivity contribution in [3.8, 4) is 0 Å². The van der Waals surface area contributed by atoms with Gasteiger partial charge in [-0.1, -0.05) is 25.3 Å². The van der Waals surface area contributed by atoms with Crippen molar-refractivity contribution >= 4 is 32.2 Å². The number of hydrogen-bond acceptors (Lipinski definition) is 4. The van der Waals surface area contributed by atoms with Crippen LogP contribution in [0.3, 0.4) is 0 Å². The van der Waals surface area contributed by atoms with Crippen LogP contribution in [0, 0.1) is 0 Å². The highest BCUT2D eigenvalue weighted by Crippen LogP contribution is 2.38. The predicted octanol–water partition coefficient (Wildman–Crippen LogP) is 3.99. The van der Waals surface area contributed by atoms with E-state index in [4.69, 9.17) is 5.73 Å². The third kappa shape index (κ3) is 2.98. The highest BCUT2D eigenvalue weighted by molar-refractivity contribution is 7.90. The van der Waals surface area contributed by atoms with Crippen molar-refractivity contribution in [1.82, 2.24) is 8.87 Å². The van der Waals surface area contributed by atoms with Gasteiger partial charge < -0.3 is 5.73 Å². The average molecular weight is 400 g/mol. The number of nitrogen functional groups attached to an aromatic ring is 1. The molecule has 1 saturated carbocycles. The molecule has 3 heterocycles. The fraction of sp³-hybridized carbons (Fsp3) is 0.545. The molecule has 0 bridgehead atoms. The lowest BCUT2D eigenvalue weighted by Crippen LogP contribution is -2.32. The minimum Gasteiger partial charge on any atom is -0.399 e. The molecular formula is C22H29N3O2S. The number of benzene rings is 1. The van der Waals surface area contributed by atoms with Gasteiger partial charge in [-0.25, -0.2) is 12.4 Å². The molecule has 1 aromatic carbocycles. The minimum atomic E-state index is -3.40. The van der Waals surface area contributed by atoms with Gasteiger partial charge >= 0.3 is 0 Å². The van der Waals surface area contributed by atoms with Crippen LogP contribution in [0.4, 0.5) is 5.69 Å². The van der Waals surface area contributed by atoms with E-state index in [1.54, 1.807) is 3.97 Å². The summed E-state index contributed by atoms with van der Waals surface area (Å²) in [6, 6.07) is 6.22. The third-order valence-electron chi connectivity index (χ3n) is 6.91. The minimum absolute atomic E-state index is 0.270. The molecule has 1 unspecified atom stereocenters. The van der Waals surface area contributed by atoms with Crippen molar-refractivity contribution in [2.45, 2.75) is 62.7 Å². The van der Waals surface area contributed by atoms with E-state index in [9.17, 15) is 8.42 Å². The summed E-state index contributed by atoms with van der Waals surface area (Å²) < 4.78 is 28.5. The van der Waals surface area contributed by atoms with E-state index in [1.807, 2.05) is 24.4 Å². The summed E-state index contributed by atoms with van der Waals surface area (Å²) in [4.78, 5) is 2.54. The summed E-state index contributed by atoms with van der Waals surface area (Å²) in [6.45, 7) is 2.14. The molecule has 1 atom stereocenters. The first-order valence-electron chi connectivity index (χ1n) is 10.6. The van der Waals surface area contributed by atoms with Crippen molar-refractivity contribution < 1.29 is 8.42 Å². The smallest absolute Gasteiger partial charge is 0.241 e. The van der Waals surface area contributed by atoms with Gasteiger partial charge in [-0.2, -0.15) is 0 Å². The summed E-state index contributed by atoms with van der Waals surface area (Å²) in [6.07, 6.45) is 12.4. The van der Waals surface area contributed by atoms with Gasteiger partial charge in [0.05, 0.1) is 10.8 Å². The molecule has 0 radical (unpaired) electrons. The van der Waals surface area contributed by atoms with Crippen LogP contribution in [0.5, 0.6) is 0 Å². The van der Waals surface area contributed by atoms with E-state index in [2.05, 4.69) is 11.0 Å². The first kappa shape index (κ1) is 18.3. The number of fused-ring (bicyclic) bond motifs is 2. The normalized spacial score (nSPS) is 24.4. The molecule has 3 aliphatic rings. The van der Waals surface area contributed by atoms with Crippen molar-refractivity contribution in [1.29, 1.82) is 0 Å². The quantitative estimate of drug-likeness (QED) is 0.793. The van der Waals surface area contributed by atoms with Crippen LogP contribution >= 0.6 is 0 Å². The summed E-state index contributed by atoms with van der Waals surface area (Å²) in [5.74, 6) is 0. The molecule has 28 heavy (non-hydrogen) atoms. The molecule has 0 spiro atoms. The van der Waals surface area contributed by atoms with E-state index in [1.165, 1.54) is 25.0 Å². The van der Waals surface area contributed by atoms with Crippen LogP contribution in [0.2, 0.25) is 0 Å². The van der Waals surface area contributed by atoms with E-state index < -0.39 is 10.0 Å². The molecule has 6 heteroatoms. The van der Waals surface area contributed by atoms with E-state index >= 15 is 0 Å². The summed E-state index contributed by atoms with van der Waals surface area (Å²) in [7, 11) is -3.40. The second kappa shape index (κ2) is 6.92. The Hall–Kier alpha value is -1.79. The van der Waals surface area contributed by atoms with Crippen LogP contribution in [-0.4, -0.2) is 41.7 Å². The molecule has 1 aromatic heterocycles. The first-order chi connectivity index (χ1) is 13.5. The maximum absolute atomic E-state index is 13.5. The highest BCUT2D eigenvalue weighted by atomic mass is 32.2. The van der Waals surface area contributed by atoms with E-state index in [-0.39, 0.29) is 5.25 Å². The average Bonchev–Trinajstić information content (AvgIpc) is 3.32. The Morgan fingerprint density at radius 1 is 1.04 bits per heavy atom. The molecule has 5 nitrogen and oxygen atoms in total. The molecule has 0 amide bonds. The summed E-state index contributed by atoms with van der Waals surface area (Å²) in [5, 5.41) is 0.699. The molecule has 5 rings (SSSR count). The fourth-order valence-electron chi connectivity index (χ4n) is 5.36. The Kier molecular flexibility index (Phi) is 4.51. The summed E-state index contributed by atoms with van der Waals surface area (Å²) in [5.41, 5.74) is 9.86. The van der Waals surface area contributed by atoms with Crippen molar-refractivity contribution in [3.63, 3.8) is 0 Å². The Labute approximate surface area is 167 Å². The number of anilines is 1. The summed E-state index contributed by atoms with van der Waals surface area (Å²) >= 11 is 0. The fourth-order valence-corrected chi connectivity index (χ4v) is 7.30. The van der Waals surface area contributed by atoms with Gasteiger partial charge in [0.25, 0.3) is 0 Å². The Balaban J connectivity index is 1.62. The van der Waals surface area contributed by atoms with Crippen LogP contribution in [0.25, 0.3) is 16.5 Å². The van der Waals surface area contributed by atoms with Crippen LogP contribution < -0.4 is 5.73 Å². The van der Waals surface area contributed by atoms with Crippen LogP contribution in [0.15, 0.2) is 30.5 Å². The molecule has 2 fully saturated rings. The maximum Gasteiger partial charge on any atom is 0.241 e. The van der Waals surface area contributed by atoms with Gasteiger partial charge in [0.1, 0.15) is 0 Å². The van der Waals surface area contributed by atoms with Crippen LogP contribution in [0.1, 0.15) is 56.9 Å². The Morgan fingerprint density at radius 3 is 2.68 bits per heavy atom. The number of rotatable bonds is 3. The number of hydrogen-bond donors (Lipinski definition) is 1. The monoisotopic (exact) mass is 399 g/mol. The lowest BCUT2D eigenvalue weighted by Gasteiger charge is -2.29. The van der Waals surface area contributed by atoms with Crippen LogP contribution in [-0.2, 0) is 10.0 Å². The Bertz CT molecular complexity index is 1030. The standard InChI is InChI=1S/C22H29N3O2S/c23-17-8-9-22-20(14-17)21(16-10-12-24-11-4-5-18(24)13-16)15-25(22)28(26,27)19-6-2-1-3-7-19/h8-10,14-15,18-19H,1-7,11-13,23H2. The largest absolute Gasteiger partial charge is 0.399 e. The first-order valence-corrected chi connectivity index (χ1v) is 12.1. The molecule has 2 aromatic rings. The van der Waals surface area contributed by atoms with Crippen molar-refractivity contribution in [2.75, 3.05) is 18.8 Å². The molecule has 2 aliphatic heterocycles. The van der Waals surface area contributed by atoms with Crippen molar-refractivity contribution in [2.24, 2.45) is 0 Å². The third-order valence-corrected chi connectivity index (χ3v) is 9.08. The topological polar surface area (TPSA) is 68.3 Å². The van der Waals surface area contributed by atoms with Gasteiger partial charge in [-0.3, -0.25) is 4.90 Å². The lowest BCUT2D eigenvalue weighted by molar-refractivity contribution is 0.275. The number of nitrogens with zero attached hydrogens (tertiary/aromatic N) is 2. The van der Waals surface area contributed by atoms with Gasteiger partial charge in [0, 0.05) is 35.4 Å². The molecule has 2 N–H and O–H groups in total. The predicted molar refractivity (Wildman–Crippen MR) is 115 cm³/mol. The van der Waals surface area contributed by atoms with Crippen molar-refractivity contribution in [3.05, 3.63) is 36.0 Å². The zero-order valence-corrected chi connectivity index (χ0v) is 17.1. The lowest BCUT2D eigenvalue weighted by atomic mass is 9.94. The second-order valence-electron chi connectivity index (χ2n) is 8.64. The number of aromatic nitrogens is 1. The number of nitrogens with two attached hydrogens (primary N) is 1. The van der Waals surface area contributed by atoms with Gasteiger partial charge in [-0.15, -0.1) is 0 Å². The second-order valence-corrected chi connectivity index (χ2v) is 10.7. The maximum atomic E-state index is 13.5.